The summed E-state index contributed by atoms with van der Waals surface area (Å²) in [6.45, 7) is 5.29. The zero-order valence-electron chi connectivity index (χ0n) is 17.8. The summed E-state index contributed by atoms with van der Waals surface area (Å²) in [4.78, 5) is 19.0. The van der Waals surface area contributed by atoms with Gasteiger partial charge in [0.1, 0.15) is 4.83 Å². The van der Waals surface area contributed by atoms with E-state index in [0.29, 0.717) is 31.1 Å². The van der Waals surface area contributed by atoms with Gasteiger partial charge in [0.15, 0.2) is 9.84 Å². The molecule has 170 valence electrons. The number of rotatable bonds is 4. The number of thiophene rings is 1. The molecule has 0 unspecified atom stereocenters. The van der Waals surface area contributed by atoms with Gasteiger partial charge in [0.25, 0.3) is 5.91 Å². The second-order valence-electron chi connectivity index (χ2n) is 8.58. The fraction of sp³-hybridized carbons (Fsp3) is 0.455. The topological polar surface area (TPSA) is 75.5 Å². The van der Waals surface area contributed by atoms with Crippen LogP contribution in [0.3, 0.4) is 0 Å². The van der Waals surface area contributed by atoms with Crippen LogP contribution in [0.1, 0.15) is 27.3 Å². The van der Waals surface area contributed by atoms with Crippen LogP contribution in [0.15, 0.2) is 30.3 Å². The molecule has 0 radical (unpaired) electrons. The molecule has 5 rings (SSSR count). The molecule has 3 aromatic rings. The van der Waals surface area contributed by atoms with Gasteiger partial charge in [-0.15, -0.1) is 11.3 Å². The minimum atomic E-state index is -2.89. The molecule has 1 aromatic carbocycles. The number of aryl methyl sites for hydroxylation is 1. The van der Waals surface area contributed by atoms with E-state index in [9.17, 15) is 13.2 Å². The number of carbonyl (C=O) groups is 1. The van der Waals surface area contributed by atoms with E-state index in [-0.39, 0.29) is 23.5 Å². The number of sulfone groups is 1. The van der Waals surface area contributed by atoms with Gasteiger partial charge in [-0.1, -0.05) is 23.7 Å². The number of halogens is 1. The molecular weight excluding hydrogens is 468 g/mol. The lowest BCUT2D eigenvalue weighted by Crippen LogP contribution is -2.52. The van der Waals surface area contributed by atoms with E-state index in [1.165, 1.54) is 11.3 Å². The molecule has 2 saturated heterocycles. The van der Waals surface area contributed by atoms with Gasteiger partial charge < -0.3 is 4.90 Å². The molecule has 2 fully saturated rings. The van der Waals surface area contributed by atoms with Crippen molar-refractivity contribution in [3.8, 4) is 0 Å². The second-order valence-corrected chi connectivity index (χ2v) is 12.3. The Morgan fingerprint density at radius 1 is 1.19 bits per heavy atom. The van der Waals surface area contributed by atoms with E-state index in [1.807, 2.05) is 46.8 Å². The molecule has 0 N–H and O–H groups in total. The van der Waals surface area contributed by atoms with Crippen molar-refractivity contribution < 1.29 is 13.2 Å². The van der Waals surface area contributed by atoms with E-state index < -0.39 is 9.84 Å². The van der Waals surface area contributed by atoms with Crippen molar-refractivity contribution in [3.05, 3.63) is 51.5 Å². The molecule has 2 aromatic heterocycles. The number of carbonyl (C=O) groups excluding carboxylic acids is 1. The van der Waals surface area contributed by atoms with Crippen molar-refractivity contribution in [1.82, 2.24) is 19.6 Å². The van der Waals surface area contributed by atoms with Crippen molar-refractivity contribution in [2.45, 2.75) is 25.9 Å². The number of nitrogens with zero attached hydrogens (tertiary/aromatic N) is 4. The third kappa shape index (κ3) is 4.31. The predicted octanol–water partition coefficient (Wildman–Crippen LogP) is 3.05. The number of aromatic nitrogens is 2. The average molecular weight is 493 g/mol. The molecule has 2 aliphatic heterocycles. The lowest BCUT2D eigenvalue weighted by molar-refractivity contribution is 0.0592. The highest BCUT2D eigenvalue weighted by Gasteiger charge is 2.34. The minimum absolute atomic E-state index is 0.0438. The minimum Gasteiger partial charge on any atom is -0.335 e. The van der Waals surface area contributed by atoms with Crippen LogP contribution in [-0.2, 0) is 16.4 Å². The van der Waals surface area contributed by atoms with Crippen LogP contribution in [0.4, 0.5) is 0 Å². The Labute approximate surface area is 196 Å². The molecule has 0 spiro atoms. The predicted molar refractivity (Wildman–Crippen MR) is 127 cm³/mol. The van der Waals surface area contributed by atoms with Gasteiger partial charge in [0, 0.05) is 42.6 Å². The Morgan fingerprint density at radius 3 is 2.56 bits per heavy atom. The molecular formula is C22H25ClN4O3S2. The number of benzene rings is 1. The highest BCUT2D eigenvalue weighted by atomic mass is 35.5. The Balaban J connectivity index is 1.29. The number of piperazine rings is 1. The van der Waals surface area contributed by atoms with Gasteiger partial charge in [0.05, 0.1) is 28.6 Å². The lowest BCUT2D eigenvalue weighted by atomic mass is 10.2. The lowest BCUT2D eigenvalue weighted by Gasteiger charge is -2.37. The monoisotopic (exact) mass is 492 g/mol. The van der Waals surface area contributed by atoms with Gasteiger partial charge in [0.2, 0.25) is 0 Å². The van der Waals surface area contributed by atoms with Crippen molar-refractivity contribution in [2.75, 3.05) is 37.7 Å². The van der Waals surface area contributed by atoms with Crippen LogP contribution < -0.4 is 0 Å². The highest BCUT2D eigenvalue weighted by Crippen LogP contribution is 2.30. The zero-order chi connectivity index (χ0) is 22.5. The molecule has 0 bridgehead atoms. The van der Waals surface area contributed by atoms with Gasteiger partial charge in [-0.25, -0.2) is 8.42 Å². The fourth-order valence-corrected chi connectivity index (χ4v) is 7.61. The fourth-order valence-electron chi connectivity index (χ4n) is 4.60. The standard InChI is InChI=1S/C22H25ClN4O3S2/c1-15-19-12-20(31-22(19)27(24-15)13-16-2-4-17(23)5-3-16)21(28)26-9-7-25(8-10-26)18-6-11-32(29,30)14-18/h2-5,12,18H,6-11,13-14H2,1H3/t18-/m1/s1. The largest absolute Gasteiger partial charge is 0.335 e. The Kier molecular flexibility index (Phi) is 5.77. The number of hydrogen-bond donors (Lipinski definition) is 0. The van der Waals surface area contributed by atoms with E-state index in [4.69, 9.17) is 11.6 Å². The number of fused-ring (bicyclic) bond motifs is 1. The van der Waals surface area contributed by atoms with Crippen molar-refractivity contribution in [1.29, 1.82) is 0 Å². The van der Waals surface area contributed by atoms with Gasteiger partial charge in [-0.2, -0.15) is 5.10 Å². The van der Waals surface area contributed by atoms with Crippen molar-refractivity contribution in [3.63, 3.8) is 0 Å². The van der Waals surface area contributed by atoms with Crippen LogP contribution in [0, 0.1) is 6.92 Å². The zero-order valence-corrected chi connectivity index (χ0v) is 20.2. The molecule has 0 aliphatic carbocycles. The maximum atomic E-state index is 13.2. The Bertz CT molecular complexity index is 1260. The second kappa shape index (κ2) is 8.44. The summed E-state index contributed by atoms with van der Waals surface area (Å²) < 4.78 is 25.5. The quantitative estimate of drug-likeness (QED) is 0.559. The maximum absolute atomic E-state index is 13.2. The van der Waals surface area contributed by atoms with Crippen LogP contribution in [0.25, 0.3) is 10.2 Å². The Morgan fingerprint density at radius 2 is 1.91 bits per heavy atom. The summed E-state index contributed by atoms with van der Waals surface area (Å²) >= 11 is 7.48. The van der Waals surface area contributed by atoms with Crippen molar-refractivity contribution in [2.24, 2.45) is 0 Å². The molecule has 4 heterocycles. The third-order valence-corrected chi connectivity index (χ3v) is 9.53. The van der Waals surface area contributed by atoms with Crippen LogP contribution in [0.2, 0.25) is 5.02 Å². The van der Waals surface area contributed by atoms with E-state index in [1.54, 1.807) is 0 Å². The first-order chi connectivity index (χ1) is 15.3. The molecule has 0 saturated carbocycles. The first-order valence-electron chi connectivity index (χ1n) is 10.7. The first-order valence-corrected chi connectivity index (χ1v) is 13.8. The molecule has 7 nitrogen and oxygen atoms in total. The summed E-state index contributed by atoms with van der Waals surface area (Å²) in [5.41, 5.74) is 2.02. The summed E-state index contributed by atoms with van der Waals surface area (Å²) in [7, 11) is -2.89. The van der Waals surface area contributed by atoms with Crippen LogP contribution in [0.5, 0.6) is 0 Å². The Hall–Kier alpha value is -1.94. The van der Waals surface area contributed by atoms with Gasteiger partial charge >= 0.3 is 0 Å². The van der Waals surface area contributed by atoms with Crippen LogP contribution in [-0.4, -0.2) is 77.6 Å². The molecule has 2 aliphatic rings. The van der Waals surface area contributed by atoms with E-state index in [0.717, 1.165) is 39.4 Å². The third-order valence-electron chi connectivity index (χ3n) is 6.39. The van der Waals surface area contributed by atoms with Crippen molar-refractivity contribution >= 4 is 48.9 Å². The average Bonchev–Trinajstić information content (AvgIpc) is 3.45. The van der Waals surface area contributed by atoms with Gasteiger partial charge in [-0.3, -0.25) is 14.4 Å². The molecule has 1 atom stereocenters. The van der Waals surface area contributed by atoms with Crippen LogP contribution >= 0.6 is 22.9 Å². The first kappa shape index (κ1) is 21.9. The highest BCUT2D eigenvalue weighted by molar-refractivity contribution is 7.91. The molecule has 32 heavy (non-hydrogen) atoms. The van der Waals surface area contributed by atoms with E-state index >= 15 is 0 Å². The SMILES string of the molecule is Cc1nn(Cc2ccc(Cl)cc2)c2sc(C(=O)N3CCN([C@@H]4CCS(=O)(=O)C4)CC3)cc12. The normalized spacial score (nSPS) is 21.4. The smallest absolute Gasteiger partial charge is 0.264 e. The van der Waals surface area contributed by atoms with E-state index in [2.05, 4.69) is 10.00 Å². The number of hydrogen-bond acceptors (Lipinski definition) is 6. The van der Waals surface area contributed by atoms with Gasteiger partial charge in [-0.05, 0) is 37.1 Å². The summed E-state index contributed by atoms with van der Waals surface area (Å²) in [6.07, 6.45) is 0.704. The summed E-state index contributed by atoms with van der Waals surface area (Å²) in [5.74, 6) is 0.577. The maximum Gasteiger partial charge on any atom is 0.264 e. The molecule has 10 heteroatoms. The number of amides is 1. The summed E-state index contributed by atoms with van der Waals surface area (Å²) in [6, 6.07) is 9.77. The summed E-state index contributed by atoms with van der Waals surface area (Å²) in [5, 5.41) is 6.38. The molecule has 1 amide bonds.